The molecule has 72 valence electrons. The minimum atomic E-state index is 0.461. The van der Waals surface area contributed by atoms with Crippen LogP contribution in [-0.4, -0.2) is 23.2 Å². The third-order valence-electron chi connectivity index (χ3n) is 2.72. The summed E-state index contributed by atoms with van der Waals surface area (Å²) >= 11 is 0. The molecule has 1 aromatic heterocycles. The Morgan fingerprint density at radius 2 is 2.29 bits per heavy atom. The number of nitrogens with zero attached hydrogens (tertiary/aromatic N) is 1. The highest BCUT2D eigenvalue weighted by Gasteiger charge is 2.20. The molecule has 3 nitrogen and oxygen atoms in total. The van der Waals surface area contributed by atoms with E-state index in [1.807, 2.05) is 18.2 Å². The van der Waals surface area contributed by atoms with E-state index in [4.69, 9.17) is 4.74 Å². The Morgan fingerprint density at radius 1 is 1.36 bits per heavy atom. The highest BCUT2D eigenvalue weighted by molar-refractivity contribution is 5.74. The quantitative estimate of drug-likeness (QED) is 0.743. The van der Waals surface area contributed by atoms with Gasteiger partial charge in [-0.05, 0) is 18.6 Å². The van der Waals surface area contributed by atoms with Crippen LogP contribution in [0.4, 0.5) is 0 Å². The number of hydrogen-bond donors (Lipinski definition) is 1. The summed E-state index contributed by atoms with van der Waals surface area (Å²) in [6.07, 6.45) is 1.08. The molecule has 14 heavy (non-hydrogen) atoms. The molecule has 0 amide bonds. The number of ether oxygens (including phenoxy) is 1. The molecule has 1 aliphatic rings. The number of para-hydroxylation sites is 2. The predicted octanol–water partition coefficient (Wildman–Crippen LogP) is 2.07. The molecular formula is C11H12N2O. The summed E-state index contributed by atoms with van der Waals surface area (Å²) in [4.78, 5) is 7.91. The molecule has 0 bridgehead atoms. The number of aromatic nitrogens is 2. The summed E-state index contributed by atoms with van der Waals surface area (Å²) in [5, 5.41) is 0. The molecule has 0 unspecified atom stereocenters. The van der Waals surface area contributed by atoms with Crippen molar-refractivity contribution in [2.45, 2.75) is 12.3 Å². The summed E-state index contributed by atoms with van der Waals surface area (Å²) in [6.45, 7) is 1.67. The zero-order valence-corrected chi connectivity index (χ0v) is 7.86. The maximum atomic E-state index is 5.35. The Morgan fingerprint density at radius 3 is 3.07 bits per heavy atom. The van der Waals surface area contributed by atoms with Crippen LogP contribution in [0.15, 0.2) is 24.3 Å². The number of H-pyrrole nitrogens is 1. The highest BCUT2D eigenvalue weighted by atomic mass is 16.5. The zero-order chi connectivity index (χ0) is 9.38. The Bertz CT molecular complexity index is 410. The van der Waals surface area contributed by atoms with Gasteiger partial charge in [0, 0.05) is 12.5 Å². The van der Waals surface area contributed by atoms with Gasteiger partial charge in [0.1, 0.15) is 5.82 Å². The summed E-state index contributed by atoms with van der Waals surface area (Å²) in [6, 6.07) is 8.13. The van der Waals surface area contributed by atoms with Crippen LogP contribution in [0.25, 0.3) is 11.0 Å². The van der Waals surface area contributed by atoms with Crippen molar-refractivity contribution in [1.82, 2.24) is 9.97 Å². The van der Waals surface area contributed by atoms with Crippen molar-refractivity contribution in [3.8, 4) is 0 Å². The zero-order valence-electron chi connectivity index (χ0n) is 7.86. The van der Waals surface area contributed by atoms with E-state index < -0.39 is 0 Å². The second-order valence-electron chi connectivity index (χ2n) is 3.70. The van der Waals surface area contributed by atoms with Crippen LogP contribution in [-0.2, 0) is 4.74 Å². The fraction of sp³-hybridized carbons (Fsp3) is 0.364. The molecular weight excluding hydrogens is 176 g/mol. The molecule has 1 aromatic carbocycles. The van der Waals surface area contributed by atoms with Gasteiger partial charge < -0.3 is 9.72 Å². The molecule has 0 aliphatic carbocycles. The van der Waals surface area contributed by atoms with Crippen LogP contribution in [0.5, 0.6) is 0 Å². The van der Waals surface area contributed by atoms with Crippen LogP contribution in [0.2, 0.25) is 0 Å². The second kappa shape index (κ2) is 3.10. The molecule has 0 spiro atoms. The molecule has 1 saturated heterocycles. The van der Waals surface area contributed by atoms with Crippen molar-refractivity contribution in [2.75, 3.05) is 13.2 Å². The third kappa shape index (κ3) is 1.21. The molecule has 1 fully saturated rings. The first-order valence-electron chi connectivity index (χ1n) is 4.96. The lowest BCUT2D eigenvalue weighted by atomic mass is 10.1. The third-order valence-corrected chi connectivity index (χ3v) is 2.72. The molecule has 1 atom stereocenters. The van der Waals surface area contributed by atoms with Crippen LogP contribution < -0.4 is 0 Å². The summed E-state index contributed by atoms with van der Waals surface area (Å²) in [7, 11) is 0. The van der Waals surface area contributed by atoms with E-state index in [9.17, 15) is 0 Å². The fourth-order valence-corrected chi connectivity index (χ4v) is 1.92. The van der Waals surface area contributed by atoms with Gasteiger partial charge in [-0.1, -0.05) is 12.1 Å². The number of nitrogens with one attached hydrogen (secondary N) is 1. The van der Waals surface area contributed by atoms with Crippen molar-refractivity contribution < 1.29 is 4.74 Å². The Balaban J connectivity index is 2.05. The van der Waals surface area contributed by atoms with Gasteiger partial charge >= 0.3 is 0 Å². The summed E-state index contributed by atoms with van der Waals surface area (Å²) in [5.41, 5.74) is 2.17. The van der Waals surface area contributed by atoms with Gasteiger partial charge in [-0.2, -0.15) is 0 Å². The molecule has 2 aromatic rings. The van der Waals surface area contributed by atoms with E-state index in [0.717, 1.165) is 36.5 Å². The van der Waals surface area contributed by atoms with Gasteiger partial charge in [0.25, 0.3) is 0 Å². The number of benzene rings is 1. The SMILES string of the molecule is c1ccc2[nH]c([C@H]3CCOC3)nc2c1. The van der Waals surface area contributed by atoms with Gasteiger partial charge in [-0.3, -0.25) is 0 Å². The molecule has 3 heteroatoms. The topological polar surface area (TPSA) is 37.9 Å². The average Bonchev–Trinajstić information content (AvgIpc) is 2.86. The van der Waals surface area contributed by atoms with E-state index in [1.54, 1.807) is 0 Å². The lowest BCUT2D eigenvalue weighted by molar-refractivity contribution is 0.193. The second-order valence-corrected chi connectivity index (χ2v) is 3.70. The van der Waals surface area contributed by atoms with E-state index in [0.29, 0.717) is 5.92 Å². The van der Waals surface area contributed by atoms with Crippen molar-refractivity contribution in [1.29, 1.82) is 0 Å². The highest BCUT2D eigenvalue weighted by Crippen LogP contribution is 2.24. The van der Waals surface area contributed by atoms with Crippen molar-refractivity contribution in [3.63, 3.8) is 0 Å². The monoisotopic (exact) mass is 188 g/mol. The molecule has 0 saturated carbocycles. The summed E-state index contributed by atoms with van der Waals surface area (Å²) in [5.74, 6) is 1.53. The number of aromatic amines is 1. The van der Waals surface area contributed by atoms with Crippen LogP contribution >= 0.6 is 0 Å². The summed E-state index contributed by atoms with van der Waals surface area (Å²) < 4.78 is 5.35. The van der Waals surface area contributed by atoms with E-state index in [2.05, 4.69) is 16.0 Å². The number of imidazole rings is 1. The van der Waals surface area contributed by atoms with Gasteiger partial charge in [0.05, 0.1) is 17.6 Å². The maximum Gasteiger partial charge on any atom is 0.112 e. The minimum absolute atomic E-state index is 0.461. The van der Waals surface area contributed by atoms with Crippen LogP contribution in [0.3, 0.4) is 0 Å². The smallest absolute Gasteiger partial charge is 0.112 e. The first-order chi connectivity index (χ1) is 6.93. The van der Waals surface area contributed by atoms with Crippen LogP contribution in [0, 0.1) is 0 Å². The Kier molecular flexibility index (Phi) is 1.77. The number of hydrogen-bond acceptors (Lipinski definition) is 2. The van der Waals surface area contributed by atoms with Crippen molar-refractivity contribution in [3.05, 3.63) is 30.1 Å². The standard InChI is InChI=1S/C11H12N2O/c1-2-4-10-9(3-1)12-11(13-10)8-5-6-14-7-8/h1-4,8H,5-7H2,(H,12,13)/t8-/m0/s1. The largest absolute Gasteiger partial charge is 0.381 e. The predicted molar refractivity (Wildman–Crippen MR) is 54.3 cm³/mol. The molecule has 1 N–H and O–H groups in total. The van der Waals surface area contributed by atoms with Gasteiger partial charge in [-0.25, -0.2) is 4.98 Å². The van der Waals surface area contributed by atoms with E-state index in [-0.39, 0.29) is 0 Å². The maximum absolute atomic E-state index is 5.35. The number of fused-ring (bicyclic) bond motifs is 1. The van der Waals surface area contributed by atoms with Gasteiger partial charge in [-0.15, -0.1) is 0 Å². The Hall–Kier alpha value is -1.35. The first-order valence-corrected chi connectivity index (χ1v) is 4.96. The first kappa shape index (κ1) is 8.00. The number of rotatable bonds is 1. The van der Waals surface area contributed by atoms with E-state index in [1.165, 1.54) is 0 Å². The van der Waals surface area contributed by atoms with E-state index >= 15 is 0 Å². The fourth-order valence-electron chi connectivity index (χ4n) is 1.92. The lowest BCUT2D eigenvalue weighted by Gasteiger charge is -2.00. The molecule has 2 heterocycles. The Labute approximate surface area is 82.1 Å². The molecule has 0 radical (unpaired) electrons. The lowest BCUT2D eigenvalue weighted by Crippen LogP contribution is -1.99. The minimum Gasteiger partial charge on any atom is -0.381 e. The van der Waals surface area contributed by atoms with Gasteiger partial charge in [0.15, 0.2) is 0 Å². The normalized spacial score (nSPS) is 21.9. The molecule has 1 aliphatic heterocycles. The van der Waals surface area contributed by atoms with Crippen LogP contribution in [0.1, 0.15) is 18.2 Å². The van der Waals surface area contributed by atoms with Crippen molar-refractivity contribution in [2.24, 2.45) is 0 Å². The molecule has 3 rings (SSSR count). The van der Waals surface area contributed by atoms with Crippen molar-refractivity contribution >= 4 is 11.0 Å². The average molecular weight is 188 g/mol. The van der Waals surface area contributed by atoms with Gasteiger partial charge in [0.2, 0.25) is 0 Å².